The second kappa shape index (κ2) is 8.69. The molecule has 33 heavy (non-hydrogen) atoms. The molecular weight excluding hydrogens is 424 g/mol. The van der Waals surface area contributed by atoms with Gasteiger partial charge >= 0.3 is 11.7 Å². The van der Waals surface area contributed by atoms with E-state index >= 15 is 0 Å². The Morgan fingerprint density at radius 3 is 2.55 bits per heavy atom. The highest BCUT2D eigenvalue weighted by Crippen LogP contribution is 2.31. The van der Waals surface area contributed by atoms with Crippen molar-refractivity contribution in [2.24, 2.45) is 0 Å². The number of nitrogens with zero attached hydrogens (tertiary/aromatic N) is 2. The molecule has 2 aliphatic rings. The molecule has 0 N–H and O–H groups in total. The lowest BCUT2D eigenvalue weighted by molar-refractivity contribution is 0.0494. The van der Waals surface area contributed by atoms with Gasteiger partial charge in [-0.25, -0.2) is 9.59 Å². The maximum atomic E-state index is 12.9. The number of ether oxygens (including phenoxy) is 1. The summed E-state index contributed by atoms with van der Waals surface area (Å²) >= 11 is 0. The minimum absolute atomic E-state index is 0.0658. The zero-order valence-corrected chi connectivity index (χ0v) is 18.1. The van der Waals surface area contributed by atoms with Crippen molar-refractivity contribution in [2.45, 2.75) is 51.1 Å². The first-order valence-electron chi connectivity index (χ1n) is 11.3. The van der Waals surface area contributed by atoms with Gasteiger partial charge in [-0.3, -0.25) is 19.1 Å². The molecule has 1 aliphatic heterocycles. The number of aryl methyl sites for hydroxylation is 1. The van der Waals surface area contributed by atoms with Crippen LogP contribution in [0.4, 0.5) is 0 Å². The smallest absolute Gasteiger partial charge is 0.419 e. The lowest BCUT2D eigenvalue weighted by atomic mass is 9.94. The lowest BCUT2D eigenvalue weighted by Crippen LogP contribution is -2.40. The third-order valence-electron chi connectivity index (χ3n) is 6.43. The fourth-order valence-electron chi connectivity index (χ4n) is 4.75. The highest BCUT2D eigenvalue weighted by molar-refractivity contribution is 6.22. The maximum Gasteiger partial charge on any atom is 0.419 e. The van der Waals surface area contributed by atoms with Crippen LogP contribution in [0.15, 0.2) is 51.7 Å². The van der Waals surface area contributed by atoms with Crippen LogP contribution in [0.25, 0.3) is 11.1 Å². The van der Waals surface area contributed by atoms with Crippen molar-refractivity contribution in [1.82, 2.24) is 9.47 Å². The first-order valence-corrected chi connectivity index (χ1v) is 11.3. The number of rotatable bonds is 6. The molecular formula is C25H24N2O6. The predicted octanol–water partition coefficient (Wildman–Crippen LogP) is 3.77. The summed E-state index contributed by atoms with van der Waals surface area (Å²) in [4.78, 5) is 51.6. The number of hydrogen-bond acceptors (Lipinski definition) is 6. The van der Waals surface area contributed by atoms with Gasteiger partial charge in [0.2, 0.25) is 0 Å². The number of carbonyl (C=O) groups excluding carboxylic acids is 3. The van der Waals surface area contributed by atoms with Gasteiger partial charge in [0.25, 0.3) is 11.8 Å². The van der Waals surface area contributed by atoms with Crippen molar-refractivity contribution in [3.05, 3.63) is 69.7 Å². The highest BCUT2D eigenvalue weighted by atomic mass is 16.5. The quantitative estimate of drug-likeness (QED) is 0.323. The first-order chi connectivity index (χ1) is 16.0. The largest absolute Gasteiger partial charge is 0.462 e. The molecule has 1 saturated carbocycles. The maximum absolute atomic E-state index is 12.9. The Bertz CT molecular complexity index is 1300. The topological polar surface area (TPSA) is 98.8 Å². The number of amides is 2. The fraction of sp³-hybridized carbons (Fsp3) is 0.360. The SMILES string of the molecule is O=C(OCCCn1c(=O)oc2ccccc21)c1ccc2c(c1)C(=O)N(C1CCCCC1)C2=O. The number of hydrogen-bond donors (Lipinski definition) is 0. The van der Waals surface area contributed by atoms with Crippen molar-refractivity contribution in [1.29, 1.82) is 0 Å². The number of para-hydroxylation sites is 2. The van der Waals surface area contributed by atoms with Gasteiger partial charge in [-0.1, -0.05) is 31.4 Å². The van der Waals surface area contributed by atoms with Gasteiger partial charge in [-0.05, 0) is 49.6 Å². The number of esters is 1. The van der Waals surface area contributed by atoms with E-state index in [1.165, 1.54) is 27.7 Å². The van der Waals surface area contributed by atoms with Crippen molar-refractivity contribution in [2.75, 3.05) is 6.61 Å². The standard InChI is InChI=1S/C25H24N2O6/c28-22-18-12-11-16(15-19(18)23(29)27(22)17-7-2-1-3-8-17)24(30)32-14-6-13-26-20-9-4-5-10-21(20)33-25(26)31/h4-5,9-12,15,17H,1-3,6-8,13-14H2. The molecule has 2 aromatic carbocycles. The second-order valence-electron chi connectivity index (χ2n) is 8.51. The fourth-order valence-corrected chi connectivity index (χ4v) is 4.75. The summed E-state index contributed by atoms with van der Waals surface area (Å²) in [6.45, 7) is 0.444. The van der Waals surface area contributed by atoms with E-state index in [9.17, 15) is 19.2 Å². The Labute approximate surface area is 189 Å². The summed E-state index contributed by atoms with van der Waals surface area (Å²) < 4.78 is 12.0. The van der Waals surface area contributed by atoms with Crippen molar-refractivity contribution in [3.63, 3.8) is 0 Å². The minimum Gasteiger partial charge on any atom is -0.462 e. The third-order valence-corrected chi connectivity index (χ3v) is 6.43. The van der Waals surface area contributed by atoms with E-state index in [1.807, 2.05) is 6.07 Å². The third kappa shape index (κ3) is 3.86. The molecule has 1 aromatic heterocycles. The minimum atomic E-state index is -0.571. The summed E-state index contributed by atoms with van der Waals surface area (Å²) in [5.41, 5.74) is 2.04. The van der Waals surface area contributed by atoms with E-state index in [-0.39, 0.29) is 35.6 Å². The molecule has 170 valence electrons. The van der Waals surface area contributed by atoms with Gasteiger partial charge in [0, 0.05) is 12.6 Å². The number of benzene rings is 2. The second-order valence-corrected chi connectivity index (χ2v) is 8.51. The average Bonchev–Trinajstić information content (AvgIpc) is 3.29. The molecule has 8 nitrogen and oxygen atoms in total. The van der Waals surface area contributed by atoms with Gasteiger partial charge in [0.05, 0.1) is 28.8 Å². The van der Waals surface area contributed by atoms with Crippen molar-refractivity contribution >= 4 is 28.9 Å². The molecule has 0 saturated heterocycles. The van der Waals surface area contributed by atoms with Crippen LogP contribution in [-0.4, -0.2) is 39.9 Å². The molecule has 0 radical (unpaired) electrons. The van der Waals surface area contributed by atoms with Crippen LogP contribution in [0, 0.1) is 0 Å². The van der Waals surface area contributed by atoms with E-state index < -0.39 is 11.7 Å². The van der Waals surface area contributed by atoms with E-state index in [4.69, 9.17) is 9.15 Å². The van der Waals surface area contributed by atoms with E-state index in [0.29, 0.717) is 29.6 Å². The molecule has 3 aromatic rings. The van der Waals surface area contributed by atoms with Crippen LogP contribution in [0.3, 0.4) is 0 Å². The summed E-state index contributed by atoms with van der Waals surface area (Å²) in [5.74, 6) is -1.63. The first kappa shape index (κ1) is 21.2. The lowest BCUT2D eigenvalue weighted by Gasteiger charge is -2.29. The molecule has 0 spiro atoms. The zero-order valence-electron chi connectivity index (χ0n) is 18.1. The van der Waals surface area contributed by atoms with E-state index in [0.717, 1.165) is 32.1 Å². The zero-order chi connectivity index (χ0) is 22.9. The van der Waals surface area contributed by atoms with E-state index in [2.05, 4.69) is 0 Å². The number of aromatic nitrogens is 1. The Hall–Kier alpha value is -3.68. The monoisotopic (exact) mass is 448 g/mol. The van der Waals surface area contributed by atoms with Gasteiger partial charge in [-0.2, -0.15) is 0 Å². The van der Waals surface area contributed by atoms with Gasteiger partial charge in [0.15, 0.2) is 5.58 Å². The summed E-state index contributed by atoms with van der Waals surface area (Å²) in [5, 5.41) is 0. The molecule has 0 unspecified atom stereocenters. The Morgan fingerprint density at radius 1 is 0.970 bits per heavy atom. The molecule has 2 heterocycles. The van der Waals surface area contributed by atoms with Gasteiger partial charge in [-0.15, -0.1) is 0 Å². The number of imide groups is 1. The predicted molar refractivity (Wildman–Crippen MR) is 119 cm³/mol. The van der Waals surface area contributed by atoms with Crippen LogP contribution >= 0.6 is 0 Å². The number of carbonyl (C=O) groups is 3. The van der Waals surface area contributed by atoms with Crippen LogP contribution in [0.2, 0.25) is 0 Å². The summed E-state index contributed by atoms with van der Waals surface area (Å²) in [6, 6.07) is 11.6. The van der Waals surface area contributed by atoms with Crippen LogP contribution in [0.5, 0.6) is 0 Å². The van der Waals surface area contributed by atoms with Crippen molar-refractivity contribution < 1.29 is 23.5 Å². The summed E-state index contributed by atoms with van der Waals surface area (Å²) in [6.07, 6.45) is 5.23. The molecule has 5 rings (SSSR count). The molecule has 0 atom stereocenters. The molecule has 0 bridgehead atoms. The van der Waals surface area contributed by atoms with Gasteiger partial charge < -0.3 is 9.15 Å². The summed E-state index contributed by atoms with van der Waals surface area (Å²) in [7, 11) is 0. The normalized spacial score (nSPS) is 16.4. The number of oxazole rings is 1. The van der Waals surface area contributed by atoms with Crippen LogP contribution in [0.1, 0.15) is 69.6 Å². The number of fused-ring (bicyclic) bond motifs is 2. The molecule has 1 aliphatic carbocycles. The van der Waals surface area contributed by atoms with Crippen molar-refractivity contribution in [3.8, 4) is 0 Å². The average molecular weight is 448 g/mol. The molecule has 2 amide bonds. The molecule has 1 fully saturated rings. The van der Waals surface area contributed by atoms with Gasteiger partial charge in [0.1, 0.15) is 0 Å². The Balaban J connectivity index is 1.22. The highest BCUT2D eigenvalue weighted by Gasteiger charge is 2.40. The Morgan fingerprint density at radius 2 is 1.73 bits per heavy atom. The Kier molecular flexibility index (Phi) is 5.58. The van der Waals surface area contributed by atoms with E-state index in [1.54, 1.807) is 18.2 Å². The van der Waals surface area contributed by atoms with Crippen LogP contribution in [-0.2, 0) is 11.3 Å². The molecule has 8 heteroatoms. The van der Waals surface area contributed by atoms with Crippen LogP contribution < -0.4 is 5.76 Å².